The van der Waals surface area contributed by atoms with Gasteiger partial charge in [-0.2, -0.15) is 0 Å². The van der Waals surface area contributed by atoms with Gasteiger partial charge in [-0.3, -0.25) is 4.79 Å². The number of nitrogens with one attached hydrogen (secondary N) is 1. The summed E-state index contributed by atoms with van der Waals surface area (Å²) in [7, 11) is 0. The molecule has 128 valence electrons. The summed E-state index contributed by atoms with van der Waals surface area (Å²) in [5, 5.41) is 12.5. The van der Waals surface area contributed by atoms with Gasteiger partial charge >= 0.3 is 0 Å². The van der Waals surface area contributed by atoms with Crippen molar-refractivity contribution in [2.24, 2.45) is 5.92 Å². The number of carbonyl (C=O) groups is 1. The van der Waals surface area contributed by atoms with Crippen molar-refractivity contribution >= 4 is 5.91 Å². The molecule has 1 saturated heterocycles. The van der Waals surface area contributed by atoms with E-state index in [1.54, 1.807) is 0 Å². The summed E-state index contributed by atoms with van der Waals surface area (Å²) in [6.45, 7) is 7.73. The fraction of sp³-hybridized carbons (Fsp3) is 0.632. The third-order valence-electron chi connectivity index (χ3n) is 4.62. The minimum Gasteiger partial charge on any atom is -0.393 e. The SMILES string of the molecule is Cc1ccc(CC(C)C(=O)NCCCN2CCC(O)CC2)cc1. The topological polar surface area (TPSA) is 52.6 Å². The molecule has 1 aromatic carbocycles. The first-order valence-corrected chi connectivity index (χ1v) is 8.78. The lowest BCUT2D eigenvalue weighted by Gasteiger charge is -2.29. The van der Waals surface area contributed by atoms with Gasteiger partial charge in [0, 0.05) is 25.6 Å². The Labute approximate surface area is 139 Å². The van der Waals surface area contributed by atoms with E-state index < -0.39 is 0 Å². The first kappa shape index (κ1) is 18.0. The van der Waals surface area contributed by atoms with Gasteiger partial charge in [0.2, 0.25) is 5.91 Å². The third kappa shape index (κ3) is 6.32. The molecule has 1 unspecified atom stereocenters. The van der Waals surface area contributed by atoms with Crippen molar-refractivity contribution in [3.63, 3.8) is 0 Å². The Morgan fingerprint density at radius 1 is 1.30 bits per heavy atom. The number of amides is 1. The summed E-state index contributed by atoms with van der Waals surface area (Å²) in [4.78, 5) is 14.5. The summed E-state index contributed by atoms with van der Waals surface area (Å²) in [6.07, 6.45) is 3.39. The Morgan fingerprint density at radius 3 is 2.61 bits per heavy atom. The van der Waals surface area contributed by atoms with Gasteiger partial charge in [0.1, 0.15) is 0 Å². The molecular formula is C19H30N2O2. The second kappa shape index (κ2) is 9.04. The van der Waals surface area contributed by atoms with Gasteiger partial charge in [0.05, 0.1) is 6.10 Å². The minimum atomic E-state index is -0.117. The van der Waals surface area contributed by atoms with Crippen LogP contribution >= 0.6 is 0 Å². The quantitative estimate of drug-likeness (QED) is 0.757. The standard InChI is InChI=1S/C19H30N2O2/c1-15-4-6-17(7-5-15)14-16(2)19(23)20-10-3-11-21-12-8-18(22)9-13-21/h4-7,16,18,22H,3,8-14H2,1-2H3,(H,20,23). The molecule has 1 atom stereocenters. The highest BCUT2D eigenvalue weighted by molar-refractivity contribution is 5.78. The lowest BCUT2D eigenvalue weighted by molar-refractivity contribution is -0.124. The van der Waals surface area contributed by atoms with E-state index in [-0.39, 0.29) is 17.9 Å². The van der Waals surface area contributed by atoms with Crippen LogP contribution in [0.15, 0.2) is 24.3 Å². The fourth-order valence-electron chi connectivity index (χ4n) is 3.00. The van der Waals surface area contributed by atoms with Crippen LogP contribution in [0.3, 0.4) is 0 Å². The van der Waals surface area contributed by atoms with Crippen LogP contribution in [0.4, 0.5) is 0 Å². The number of aliphatic hydroxyl groups is 1. The molecule has 0 spiro atoms. The Balaban J connectivity index is 1.61. The number of carbonyl (C=O) groups excluding carboxylic acids is 1. The Morgan fingerprint density at radius 2 is 1.96 bits per heavy atom. The number of likely N-dealkylation sites (tertiary alicyclic amines) is 1. The molecule has 23 heavy (non-hydrogen) atoms. The van der Waals surface area contributed by atoms with E-state index in [1.807, 2.05) is 6.92 Å². The van der Waals surface area contributed by atoms with E-state index in [0.717, 1.165) is 51.9 Å². The number of benzene rings is 1. The maximum Gasteiger partial charge on any atom is 0.223 e. The molecule has 4 heteroatoms. The van der Waals surface area contributed by atoms with Crippen LogP contribution in [-0.2, 0) is 11.2 Å². The molecule has 2 N–H and O–H groups in total. The van der Waals surface area contributed by atoms with E-state index in [4.69, 9.17) is 0 Å². The summed E-state index contributed by atoms with van der Waals surface area (Å²) in [5.74, 6) is 0.141. The summed E-state index contributed by atoms with van der Waals surface area (Å²) < 4.78 is 0. The van der Waals surface area contributed by atoms with Crippen molar-refractivity contribution in [1.29, 1.82) is 0 Å². The van der Waals surface area contributed by atoms with Crippen LogP contribution in [0.1, 0.15) is 37.3 Å². The molecule has 0 bridgehead atoms. The van der Waals surface area contributed by atoms with Crippen molar-refractivity contribution in [3.05, 3.63) is 35.4 Å². The highest BCUT2D eigenvalue weighted by Gasteiger charge is 2.17. The molecule has 1 amide bonds. The second-order valence-corrected chi connectivity index (χ2v) is 6.81. The first-order chi connectivity index (χ1) is 11.0. The molecule has 4 nitrogen and oxygen atoms in total. The van der Waals surface area contributed by atoms with Gasteiger partial charge in [0.25, 0.3) is 0 Å². The molecule has 0 saturated carbocycles. The number of nitrogens with zero attached hydrogens (tertiary/aromatic N) is 1. The zero-order chi connectivity index (χ0) is 16.7. The van der Waals surface area contributed by atoms with Gasteiger partial charge in [-0.1, -0.05) is 36.8 Å². The van der Waals surface area contributed by atoms with Crippen LogP contribution in [0, 0.1) is 12.8 Å². The van der Waals surface area contributed by atoms with Gasteiger partial charge in [-0.05, 0) is 44.7 Å². The number of aryl methyl sites for hydroxylation is 1. The largest absolute Gasteiger partial charge is 0.393 e. The summed E-state index contributed by atoms with van der Waals surface area (Å²) >= 11 is 0. The van der Waals surface area contributed by atoms with Crippen molar-refractivity contribution in [3.8, 4) is 0 Å². The van der Waals surface area contributed by atoms with Gasteiger partial charge in [0.15, 0.2) is 0 Å². The van der Waals surface area contributed by atoms with Crippen molar-refractivity contribution in [2.45, 2.75) is 45.6 Å². The zero-order valence-electron chi connectivity index (χ0n) is 14.4. The summed E-state index contributed by atoms with van der Waals surface area (Å²) in [6, 6.07) is 8.39. The number of aliphatic hydroxyl groups excluding tert-OH is 1. The smallest absolute Gasteiger partial charge is 0.223 e. The zero-order valence-corrected chi connectivity index (χ0v) is 14.4. The van der Waals surface area contributed by atoms with E-state index in [9.17, 15) is 9.90 Å². The molecule has 0 radical (unpaired) electrons. The maximum absolute atomic E-state index is 12.2. The monoisotopic (exact) mass is 318 g/mol. The van der Waals surface area contributed by atoms with Crippen LogP contribution in [0.5, 0.6) is 0 Å². The predicted octanol–water partition coefficient (Wildman–Crippen LogP) is 2.14. The number of hydrogen-bond donors (Lipinski definition) is 2. The Hall–Kier alpha value is -1.39. The van der Waals surface area contributed by atoms with Crippen LogP contribution in [0.25, 0.3) is 0 Å². The molecule has 1 fully saturated rings. The first-order valence-electron chi connectivity index (χ1n) is 8.78. The molecule has 2 rings (SSSR count). The summed E-state index contributed by atoms with van der Waals surface area (Å²) in [5.41, 5.74) is 2.46. The molecule has 1 aliphatic rings. The number of rotatable bonds is 7. The van der Waals surface area contributed by atoms with Crippen LogP contribution in [-0.4, -0.2) is 48.2 Å². The van der Waals surface area contributed by atoms with E-state index in [1.165, 1.54) is 11.1 Å². The van der Waals surface area contributed by atoms with Crippen molar-refractivity contribution in [2.75, 3.05) is 26.2 Å². The van der Waals surface area contributed by atoms with Crippen molar-refractivity contribution in [1.82, 2.24) is 10.2 Å². The molecule has 0 aliphatic carbocycles. The average molecular weight is 318 g/mol. The third-order valence-corrected chi connectivity index (χ3v) is 4.62. The van der Waals surface area contributed by atoms with Gasteiger partial charge < -0.3 is 15.3 Å². The van der Waals surface area contributed by atoms with E-state index in [0.29, 0.717) is 0 Å². The maximum atomic E-state index is 12.2. The van der Waals surface area contributed by atoms with Crippen molar-refractivity contribution < 1.29 is 9.90 Å². The van der Waals surface area contributed by atoms with Gasteiger partial charge in [-0.25, -0.2) is 0 Å². The molecular weight excluding hydrogens is 288 g/mol. The fourth-order valence-corrected chi connectivity index (χ4v) is 3.00. The lowest BCUT2D eigenvalue weighted by Crippen LogP contribution is -2.38. The Kier molecular flexibility index (Phi) is 7.06. The molecule has 0 aromatic heterocycles. The lowest BCUT2D eigenvalue weighted by atomic mass is 9.99. The highest BCUT2D eigenvalue weighted by Crippen LogP contribution is 2.11. The average Bonchev–Trinajstić information content (AvgIpc) is 2.55. The minimum absolute atomic E-state index is 0.00263. The second-order valence-electron chi connectivity index (χ2n) is 6.81. The van der Waals surface area contributed by atoms with Gasteiger partial charge in [-0.15, -0.1) is 0 Å². The number of piperidine rings is 1. The molecule has 1 aromatic rings. The molecule has 1 heterocycles. The van der Waals surface area contributed by atoms with E-state index >= 15 is 0 Å². The Bertz CT molecular complexity index is 479. The normalized spacial score (nSPS) is 17.9. The predicted molar refractivity (Wildman–Crippen MR) is 93.4 cm³/mol. The highest BCUT2D eigenvalue weighted by atomic mass is 16.3. The molecule has 1 aliphatic heterocycles. The van der Waals surface area contributed by atoms with Crippen LogP contribution < -0.4 is 5.32 Å². The van der Waals surface area contributed by atoms with Crippen LogP contribution in [0.2, 0.25) is 0 Å². The van der Waals surface area contributed by atoms with E-state index in [2.05, 4.69) is 41.4 Å². The number of hydrogen-bond acceptors (Lipinski definition) is 3.